The average molecular weight is 394 g/mol. The number of benzene rings is 2. The summed E-state index contributed by atoms with van der Waals surface area (Å²) in [5.74, 6) is -0.811. The Labute approximate surface area is 171 Å². The van der Waals surface area contributed by atoms with Gasteiger partial charge in [-0.1, -0.05) is 37.3 Å². The van der Waals surface area contributed by atoms with Crippen molar-refractivity contribution in [3.8, 4) is 0 Å². The number of para-hydroxylation sites is 1. The highest BCUT2D eigenvalue weighted by Gasteiger charge is 2.36. The van der Waals surface area contributed by atoms with Crippen molar-refractivity contribution >= 4 is 23.6 Å². The molecule has 0 aliphatic carbocycles. The molecule has 152 valence electrons. The first-order valence-electron chi connectivity index (χ1n) is 10.1. The third-order valence-electron chi connectivity index (χ3n) is 5.41. The van der Waals surface area contributed by atoms with E-state index in [1.807, 2.05) is 45.0 Å². The molecule has 3 atom stereocenters. The predicted molar refractivity (Wildman–Crippen MR) is 114 cm³/mol. The summed E-state index contributed by atoms with van der Waals surface area (Å²) >= 11 is 0. The molecule has 4 nitrogen and oxygen atoms in total. The van der Waals surface area contributed by atoms with Gasteiger partial charge in [0.25, 0.3) is 5.91 Å². The van der Waals surface area contributed by atoms with E-state index in [9.17, 15) is 14.0 Å². The van der Waals surface area contributed by atoms with Crippen LogP contribution in [0.4, 0.5) is 10.1 Å². The zero-order chi connectivity index (χ0) is 21.0. The number of halogens is 1. The largest absolute Gasteiger partial charge is 0.353 e. The van der Waals surface area contributed by atoms with E-state index in [2.05, 4.69) is 5.32 Å². The monoisotopic (exact) mass is 394 g/mol. The molecular formula is C24H27FN2O2. The Morgan fingerprint density at radius 2 is 2.00 bits per heavy atom. The van der Waals surface area contributed by atoms with Crippen molar-refractivity contribution in [2.75, 3.05) is 4.90 Å². The van der Waals surface area contributed by atoms with Gasteiger partial charge in [0.2, 0.25) is 5.91 Å². The van der Waals surface area contributed by atoms with Gasteiger partial charge in [-0.15, -0.1) is 0 Å². The first kappa shape index (κ1) is 20.8. The Morgan fingerprint density at radius 1 is 1.24 bits per heavy atom. The summed E-state index contributed by atoms with van der Waals surface area (Å²) in [6.07, 6.45) is 4.49. The summed E-state index contributed by atoms with van der Waals surface area (Å²) in [6.45, 7) is 5.98. The molecule has 2 aromatic rings. The second-order valence-electron chi connectivity index (χ2n) is 7.61. The molecule has 1 N–H and O–H groups in total. The van der Waals surface area contributed by atoms with Gasteiger partial charge in [-0.05, 0) is 62.1 Å². The molecule has 0 saturated heterocycles. The zero-order valence-corrected chi connectivity index (χ0v) is 17.1. The van der Waals surface area contributed by atoms with Crippen LogP contribution >= 0.6 is 0 Å². The van der Waals surface area contributed by atoms with Crippen LogP contribution in [-0.2, 0) is 9.59 Å². The van der Waals surface area contributed by atoms with Crippen LogP contribution in [0.15, 0.2) is 54.6 Å². The summed E-state index contributed by atoms with van der Waals surface area (Å²) < 4.78 is 13.4. The second kappa shape index (κ2) is 9.03. The van der Waals surface area contributed by atoms with E-state index in [4.69, 9.17) is 0 Å². The first-order valence-corrected chi connectivity index (χ1v) is 10.1. The minimum atomic E-state index is -0.341. The second-order valence-corrected chi connectivity index (χ2v) is 7.61. The van der Waals surface area contributed by atoms with Crippen molar-refractivity contribution in [3.63, 3.8) is 0 Å². The van der Waals surface area contributed by atoms with Crippen LogP contribution in [0, 0.1) is 5.82 Å². The Bertz CT molecular complexity index is 925. The third kappa shape index (κ3) is 4.73. The van der Waals surface area contributed by atoms with Gasteiger partial charge >= 0.3 is 0 Å². The number of nitrogens with one attached hydrogen (secondary N) is 1. The number of nitrogens with zero attached hydrogens (tertiary/aromatic N) is 1. The van der Waals surface area contributed by atoms with Gasteiger partial charge in [0, 0.05) is 23.8 Å². The summed E-state index contributed by atoms with van der Waals surface area (Å²) in [4.78, 5) is 27.5. The van der Waals surface area contributed by atoms with Crippen molar-refractivity contribution in [2.45, 2.75) is 51.6 Å². The molecule has 3 rings (SSSR count). The van der Waals surface area contributed by atoms with Gasteiger partial charge in [-0.2, -0.15) is 0 Å². The molecule has 1 aliphatic heterocycles. The number of amides is 2. The van der Waals surface area contributed by atoms with Crippen molar-refractivity contribution in [2.24, 2.45) is 0 Å². The molecule has 1 heterocycles. The van der Waals surface area contributed by atoms with Crippen LogP contribution in [0.25, 0.3) is 6.08 Å². The smallest absolute Gasteiger partial charge is 0.251 e. The quantitative estimate of drug-likeness (QED) is 0.750. The molecule has 0 fully saturated rings. The topological polar surface area (TPSA) is 49.4 Å². The van der Waals surface area contributed by atoms with Crippen LogP contribution < -0.4 is 10.2 Å². The van der Waals surface area contributed by atoms with Crippen LogP contribution in [0.5, 0.6) is 0 Å². The first-order chi connectivity index (χ1) is 13.9. The fraction of sp³-hybridized carbons (Fsp3) is 0.333. The van der Waals surface area contributed by atoms with Gasteiger partial charge in [-0.25, -0.2) is 4.39 Å². The van der Waals surface area contributed by atoms with E-state index >= 15 is 0 Å². The molecule has 2 amide bonds. The van der Waals surface area contributed by atoms with Crippen molar-refractivity contribution in [1.29, 1.82) is 0 Å². The number of fused-ring (bicyclic) bond motifs is 1. The van der Waals surface area contributed by atoms with Gasteiger partial charge in [-0.3, -0.25) is 9.59 Å². The maximum Gasteiger partial charge on any atom is 0.251 e. The number of rotatable bonds is 5. The highest BCUT2D eigenvalue weighted by molar-refractivity contribution is 6.06. The number of anilines is 1. The number of carbonyl (C=O) groups excluding carboxylic acids is 2. The fourth-order valence-corrected chi connectivity index (χ4v) is 3.70. The molecule has 0 aromatic heterocycles. The van der Waals surface area contributed by atoms with Crippen molar-refractivity contribution < 1.29 is 14.0 Å². The Hall–Kier alpha value is -2.95. The molecule has 0 bridgehead atoms. The molecule has 0 saturated carbocycles. The number of hydrogen-bond acceptors (Lipinski definition) is 2. The Morgan fingerprint density at radius 3 is 2.72 bits per heavy atom. The Kier molecular flexibility index (Phi) is 6.47. The van der Waals surface area contributed by atoms with E-state index in [1.165, 1.54) is 18.2 Å². The summed E-state index contributed by atoms with van der Waals surface area (Å²) in [6, 6.07) is 13.6. The molecule has 5 heteroatoms. The highest BCUT2D eigenvalue weighted by Crippen LogP contribution is 2.38. The lowest BCUT2D eigenvalue weighted by atomic mass is 9.85. The average Bonchev–Trinajstić information content (AvgIpc) is 2.71. The molecule has 0 spiro atoms. The molecular weight excluding hydrogens is 367 g/mol. The van der Waals surface area contributed by atoms with E-state index in [-0.39, 0.29) is 35.6 Å². The molecule has 0 unspecified atom stereocenters. The lowest BCUT2D eigenvalue weighted by Crippen LogP contribution is -2.46. The molecule has 29 heavy (non-hydrogen) atoms. The standard InChI is InChI=1S/C24H27FN2O2/c1-4-16(2)26-24(29)21-14-17(3)27(22-11-6-5-10-20(21)22)23(28)13-12-18-8-7-9-19(25)15-18/h5-13,15-17,21H,4,14H2,1-3H3,(H,26,29)/b13-12-/t16-,17+,21+/m0/s1. The lowest BCUT2D eigenvalue weighted by molar-refractivity contribution is -0.124. The van der Waals surface area contributed by atoms with Gasteiger partial charge in [0.1, 0.15) is 5.82 Å². The minimum absolute atomic E-state index is 0.000974. The van der Waals surface area contributed by atoms with E-state index in [1.54, 1.807) is 23.1 Å². The predicted octanol–water partition coefficient (Wildman–Crippen LogP) is 4.66. The SMILES string of the molecule is CC[C@H](C)NC(=O)[C@@H]1C[C@@H](C)N(C(=O)/C=C\c2cccc(F)c2)c2ccccc21. The number of carbonyl (C=O) groups is 2. The molecule has 2 aromatic carbocycles. The van der Waals surface area contributed by atoms with Crippen LogP contribution in [0.3, 0.4) is 0 Å². The highest BCUT2D eigenvalue weighted by atomic mass is 19.1. The molecule has 1 aliphatic rings. The summed E-state index contributed by atoms with van der Waals surface area (Å²) in [7, 11) is 0. The maximum absolute atomic E-state index is 13.4. The molecule has 0 radical (unpaired) electrons. The van der Waals surface area contributed by atoms with Gasteiger partial charge < -0.3 is 10.2 Å². The summed E-state index contributed by atoms with van der Waals surface area (Å²) in [5, 5.41) is 3.06. The van der Waals surface area contributed by atoms with Gasteiger partial charge in [0.15, 0.2) is 0 Å². The third-order valence-corrected chi connectivity index (χ3v) is 5.41. The normalized spacial score (nSPS) is 19.7. The van der Waals surface area contributed by atoms with Crippen LogP contribution in [0.2, 0.25) is 0 Å². The van der Waals surface area contributed by atoms with Crippen molar-refractivity contribution in [1.82, 2.24) is 5.32 Å². The minimum Gasteiger partial charge on any atom is -0.353 e. The van der Waals surface area contributed by atoms with Crippen LogP contribution in [-0.4, -0.2) is 23.9 Å². The maximum atomic E-state index is 13.4. The Balaban J connectivity index is 1.87. The fourth-order valence-electron chi connectivity index (χ4n) is 3.70. The van der Waals surface area contributed by atoms with E-state index in [0.717, 1.165) is 17.7 Å². The number of hydrogen-bond donors (Lipinski definition) is 1. The van der Waals surface area contributed by atoms with Crippen molar-refractivity contribution in [3.05, 3.63) is 71.6 Å². The van der Waals surface area contributed by atoms with Gasteiger partial charge in [0.05, 0.1) is 5.92 Å². The summed E-state index contributed by atoms with van der Waals surface area (Å²) in [5.41, 5.74) is 2.24. The van der Waals surface area contributed by atoms with E-state index < -0.39 is 0 Å². The van der Waals surface area contributed by atoms with Crippen LogP contribution in [0.1, 0.15) is 50.7 Å². The zero-order valence-electron chi connectivity index (χ0n) is 17.1. The lowest BCUT2D eigenvalue weighted by Gasteiger charge is -2.38. The van der Waals surface area contributed by atoms with E-state index in [0.29, 0.717) is 12.0 Å².